The van der Waals surface area contributed by atoms with Crippen molar-refractivity contribution in [3.8, 4) is 5.75 Å². The molecule has 1 aliphatic heterocycles. The predicted octanol–water partition coefficient (Wildman–Crippen LogP) is 4.12. The fraction of sp³-hybridized carbons (Fsp3) is 0.632. The molecule has 23 heavy (non-hydrogen) atoms. The molecule has 0 radical (unpaired) electrons. The van der Waals surface area contributed by atoms with Gasteiger partial charge in [-0.25, -0.2) is 0 Å². The Labute approximate surface area is 144 Å². The van der Waals surface area contributed by atoms with Crippen molar-refractivity contribution in [2.75, 3.05) is 31.6 Å². The fourth-order valence-corrected chi connectivity index (χ4v) is 3.55. The zero-order valence-corrected chi connectivity index (χ0v) is 15.4. The number of benzene rings is 1. The maximum Gasteiger partial charge on any atom is 0.167 e. The number of carbonyl (C=O) groups excluding carboxylic acids is 1. The lowest BCUT2D eigenvalue weighted by Crippen LogP contribution is -2.39. The monoisotopic (exact) mass is 335 g/mol. The van der Waals surface area contributed by atoms with E-state index in [0.29, 0.717) is 0 Å². The Bertz CT molecular complexity index is 504. The lowest BCUT2D eigenvalue weighted by Gasteiger charge is -2.32. The fourth-order valence-electron chi connectivity index (χ4n) is 3.14. The summed E-state index contributed by atoms with van der Waals surface area (Å²) < 4.78 is 5.71. The number of hydrogen-bond acceptors (Lipinski definition) is 4. The van der Waals surface area contributed by atoms with E-state index < -0.39 is 0 Å². The molecule has 0 saturated carbocycles. The van der Waals surface area contributed by atoms with Crippen LogP contribution in [-0.2, 0) is 0 Å². The van der Waals surface area contributed by atoms with Gasteiger partial charge >= 0.3 is 0 Å². The molecule has 1 fully saturated rings. The Kier molecular flexibility index (Phi) is 7.44. The van der Waals surface area contributed by atoms with Crippen LogP contribution in [0, 0.1) is 5.92 Å². The number of likely N-dealkylation sites (tertiary alicyclic amines) is 1. The molecule has 128 valence electrons. The van der Waals surface area contributed by atoms with Crippen molar-refractivity contribution in [1.82, 2.24) is 4.90 Å². The summed E-state index contributed by atoms with van der Waals surface area (Å²) in [4.78, 5) is 15.3. The Morgan fingerprint density at radius 2 is 2.26 bits per heavy atom. The van der Waals surface area contributed by atoms with Crippen LogP contribution in [0.2, 0.25) is 0 Å². The molecule has 1 atom stereocenters. The van der Waals surface area contributed by atoms with Gasteiger partial charge in [0, 0.05) is 18.0 Å². The molecular formula is C19H29NO2S. The SMILES string of the molecule is CSCCCN1CCC[C@H](C(=O)c2cccc(OC(C)C)c2)C1. The van der Waals surface area contributed by atoms with Crippen LogP contribution in [0.25, 0.3) is 0 Å². The molecule has 0 unspecified atom stereocenters. The number of ether oxygens (including phenoxy) is 1. The molecule has 0 amide bonds. The van der Waals surface area contributed by atoms with E-state index in [0.717, 1.165) is 43.8 Å². The second-order valence-corrected chi connectivity index (χ2v) is 7.53. The maximum absolute atomic E-state index is 12.8. The summed E-state index contributed by atoms with van der Waals surface area (Å²) in [6, 6.07) is 7.66. The number of rotatable bonds is 8. The van der Waals surface area contributed by atoms with Crippen molar-refractivity contribution in [3.63, 3.8) is 0 Å². The summed E-state index contributed by atoms with van der Waals surface area (Å²) in [5.41, 5.74) is 0.791. The van der Waals surface area contributed by atoms with Gasteiger partial charge in [-0.2, -0.15) is 11.8 Å². The van der Waals surface area contributed by atoms with Gasteiger partial charge in [0.2, 0.25) is 0 Å². The van der Waals surface area contributed by atoms with E-state index in [9.17, 15) is 4.79 Å². The average molecular weight is 336 g/mol. The van der Waals surface area contributed by atoms with Gasteiger partial charge in [-0.15, -0.1) is 0 Å². The first-order chi connectivity index (χ1) is 11.1. The maximum atomic E-state index is 12.8. The van der Waals surface area contributed by atoms with Gasteiger partial charge in [0.1, 0.15) is 5.75 Å². The normalized spacial score (nSPS) is 19.0. The zero-order chi connectivity index (χ0) is 16.7. The highest BCUT2D eigenvalue weighted by atomic mass is 32.2. The number of thioether (sulfide) groups is 1. The van der Waals surface area contributed by atoms with Crippen molar-refractivity contribution < 1.29 is 9.53 Å². The first-order valence-electron chi connectivity index (χ1n) is 8.62. The second kappa shape index (κ2) is 9.33. The van der Waals surface area contributed by atoms with Gasteiger partial charge in [0.05, 0.1) is 6.10 Å². The molecule has 1 heterocycles. The van der Waals surface area contributed by atoms with E-state index in [1.54, 1.807) is 0 Å². The van der Waals surface area contributed by atoms with E-state index in [1.165, 1.54) is 12.2 Å². The molecule has 2 rings (SSSR count). The number of Topliss-reactive ketones (excluding diaryl/α,β-unsaturated/α-hetero) is 1. The topological polar surface area (TPSA) is 29.5 Å². The third kappa shape index (κ3) is 5.85. The Morgan fingerprint density at radius 1 is 1.43 bits per heavy atom. The van der Waals surface area contributed by atoms with Crippen LogP contribution in [0.5, 0.6) is 5.75 Å². The van der Waals surface area contributed by atoms with Crippen molar-refractivity contribution in [3.05, 3.63) is 29.8 Å². The molecule has 0 bridgehead atoms. The minimum atomic E-state index is 0.127. The van der Waals surface area contributed by atoms with Gasteiger partial charge in [-0.1, -0.05) is 12.1 Å². The van der Waals surface area contributed by atoms with Crippen molar-refractivity contribution in [2.24, 2.45) is 5.92 Å². The number of nitrogens with zero attached hydrogens (tertiary/aromatic N) is 1. The first kappa shape index (κ1) is 18.3. The van der Waals surface area contributed by atoms with E-state index in [4.69, 9.17) is 4.74 Å². The lowest BCUT2D eigenvalue weighted by molar-refractivity contribution is 0.0819. The molecule has 0 N–H and O–H groups in total. The molecule has 3 nitrogen and oxygen atoms in total. The number of piperidine rings is 1. The van der Waals surface area contributed by atoms with E-state index in [-0.39, 0.29) is 17.8 Å². The molecule has 1 aromatic rings. The number of carbonyl (C=O) groups is 1. The van der Waals surface area contributed by atoms with E-state index >= 15 is 0 Å². The van der Waals surface area contributed by atoms with Crippen LogP contribution in [0.1, 0.15) is 43.5 Å². The Hall–Kier alpha value is -1.00. The predicted molar refractivity (Wildman–Crippen MR) is 98.7 cm³/mol. The van der Waals surface area contributed by atoms with Crippen LogP contribution < -0.4 is 4.74 Å². The third-order valence-electron chi connectivity index (χ3n) is 4.19. The highest BCUT2D eigenvalue weighted by Crippen LogP contribution is 2.23. The molecule has 4 heteroatoms. The van der Waals surface area contributed by atoms with Gasteiger partial charge in [-0.05, 0) is 70.3 Å². The van der Waals surface area contributed by atoms with Crippen LogP contribution in [0.3, 0.4) is 0 Å². The zero-order valence-electron chi connectivity index (χ0n) is 14.6. The summed E-state index contributed by atoms with van der Waals surface area (Å²) in [5.74, 6) is 2.39. The highest BCUT2D eigenvalue weighted by Gasteiger charge is 2.26. The molecule has 0 spiro atoms. The van der Waals surface area contributed by atoms with Crippen LogP contribution >= 0.6 is 11.8 Å². The summed E-state index contributed by atoms with van der Waals surface area (Å²) in [6.45, 7) is 7.16. The van der Waals surface area contributed by atoms with Gasteiger partial charge in [-0.3, -0.25) is 4.79 Å². The van der Waals surface area contributed by atoms with Gasteiger partial charge < -0.3 is 9.64 Å². The molecular weight excluding hydrogens is 306 g/mol. The lowest BCUT2D eigenvalue weighted by atomic mass is 9.90. The molecule has 0 aliphatic carbocycles. The van der Waals surface area contributed by atoms with Crippen LogP contribution in [0.4, 0.5) is 0 Å². The quantitative estimate of drug-likeness (QED) is 0.528. The first-order valence-corrected chi connectivity index (χ1v) is 10.0. The number of ketones is 1. The summed E-state index contributed by atoms with van der Waals surface area (Å²) in [7, 11) is 0. The Balaban J connectivity index is 1.96. The van der Waals surface area contributed by atoms with Crippen molar-refractivity contribution in [2.45, 2.75) is 39.2 Å². The van der Waals surface area contributed by atoms with E-state index in [2.05, 4.69) is 11.2 Å². The Morgan fingerprint density at radius 3 is 3.00 bits per heavy atom. The van der Waals surface area contributed by atoms with Crippen molar-refractivity contribution >= 4 is 17.5 Å². The summed E-state index contributed by atoms with van der Waals surface area (Å²) in [5, 5.41) is 0. The largest absolute Gasteiger partial charge is 0.491 e. The summed E-state index contributed by atoms with van der Waals surface area (Å²) in [6.07, 6.45) is 5.61. The van der Waals surface area contributed by atoms with Crippen LogP contribution in [0.15, 0.2) is 24.3 Å². The second-order valence-electron chi connectivity index (χ2n) is 6.54. The summed E-state index contributed by atoms with van der Waals surface area (Å²) >= 11 is 1.89. The standard InChI is InChI=1S/C19H29NO2S/c1-15(2)22-18-9-4-7-16(13-18)19(21)17-8-5-10-20(14-17)11-6-12-23-3/h4,7,9,13,15,17H,5-6,8,10-12,14H2,1-3H3/t17-/m0/s1. The molecule has 1 saturated heterocycles. The molecule has 1 aromatic carbocycles. The van der Waals surface area contributed by atoms with E-state index in [1.807, 2.05) is 49.9 Å². The van der Waals surface area contributed by atoms with Crippen molar-refractivity contribution in [1.29, 1.82) is 0 Å². The van der Waals surface area contributed by atoms with Gasteiger partial charge in [0.15, 0.2) is 5.78 Å². The van der Waals surface area contributed by atoms with Crippen LogP contribution in [-0.4, -0.2) is 48.4 Å². The smallest absolute Gasteiger partial charge is 0.167 e. The molecule has 0 aromatic heterocycles. The molecule has 1 aliphatic rings. The van der Waals surface area contributed by atoms with Gasteiger partial charge in [0.25, 0.3) is 0 Å². The average Bonchev–Trinajstić information content (AvgIpc) is 2.54. The minimum absolute atomic E-state index is 0.127. The highest BCUT2D eigenvalue weighted by molar-refractivity contribution is 7.98. The minimum Gasteiger partial charge on any atom is -0.491 e. The number of hydrogen-bond donors (Lipinski definition) is 0. The third-order valence-corrected chi connectivity index (χ3v) is 4.89.